The smallest absolute Gasteiger partial charge is 0.266 e. The normalized spacial score (nSPS) is 16.2. The fourth-order valence-corrected chi connectivity index (χ4v) is 3.09. The van der Waals surface area contributed by atoms with E-state index in [4.69, 9.17) is 16.3 Å². The molecule has 1 amide bonds. The predicted molar refractivity (Wildman–Crippen MR) is 91.0 cm³/mol. The van der Waals surface area contributed by atoms with Crippen LogP contribution in [0, 0.1) is 0 Å². The van der Waals surface area contributed by atoms with E-state index in [0.29, 0.717) is 29.9 Å². The van der Waals surface area contributed by atoms with Gasteiger partial charge < -0.3 is 9.64 Å². The average molecular weight is 349 g/mol. The van der Waals surface area contributed by atoms with E-state index in [1.165, 1.54) is 0 Å². The van der Waals surface area contributed by atoms with Crippen molar-refractivity contribution in [1.29, 1.82) is 0 Å². The van der Waals surface area contributed by atoms with Crippen LogP contribution in [0.5, 0.6) is 5.75 Å². The van der Waals surface area contributed by atoms with Crippen LogP contribution in [0.1, 0.15) is 32.7 Å². The number of likely N-dealkylation sites (tertiary alicyclic amines) is 1. The Labute approximate surface area is 146 Å². The summed E-state index contributed by atoms with van der Waals surface area (Å²) in [6.45, 7) is 4.98. The zero-order chi connectivity index (χ0) is 17.2. The highest BCUT2D eigenvalue weighted by Crippen LogP contribution is 2.26. The number of rotatable bonds is 4. The first kappa shape index (κ1) is 16.8. The zero-order valence-corrected chi connectivity index (χ0v) is 14.6. The SMILES string of the molecule is CC(C)(Oc1ccc(Cl)cc1)C(=O)N1CCC(n2ccnn2)CC1. The Morgan fingerprint density at radius 3 is 2.50 bits per heavy atom. The van der Waals surface area contributed by atoms with Crippen molar-refractivity contribution >= 4 is 17.5 Å². The Morgan fingerprint density at radius 2 is 1.92 bits per heavy atom. The first-order chi connectivity index (χ1) is 11.5. The minimum atomic E-state index is -0.923. The molecular weight excluding hydrogens is 328 g/mol. The van der Waals surface area contributed by atoms with Gasteiger partial charge in [-0.2, -0.15) is 0 Å². The van der Waals surface area contributed by atoms with E-state index in [1.54, 1.807) is 44.3 Å². The Bertz CT molecular complexity index is 677. The van der Waals surface area contributed by atoms with Gasteiger partial charge in [0.05, 0.1) is 12.2 Å². The second-order valence-electron chi connectivity index (χ2n) is 6.47. The molecule has 1 aliphatic rings. The summed E-state index contributed by atoms with van der Waals surface area (Å²) in [5.41, 5.74) is -0.923. The van der Waals surface area contributed by atoms with Crippen molar-refractivity contribution in [3.8, 4) is 5.75 Å². The van der Waals surface area contributed by atoms with Gasteiger partial charge in [-0.15, -0.1) is 5.10 Å². The lowest BCUT2D eigenvalue weighted by Gasteiger charge is -2.36. The van der Waals surface area contributed by atoms with Gasteiger partial charge >= 0.3 is 0 Å². The molecule has 3 rings (SSSR count). The third-order valence-corrected chi connectivity index (χ3v) is 4.52. The molecule has 0 atom stereocenters. The zero-order valence-electron chi connectivity index (χ0n) is 13.9. The highest BCUT2D eigenvalue weighted by atomic mass is 35.5. The van der Waals surface area contributed by atoms with Gasteiger partial charge in [0.1, 0.15) is 5.75 Å². The highest BCUT2D eigenvalue weighted by Gasteiger charge is 2.36. The predicted octanol–water partition coefficient (Wildman–Crippen LogP) is 2.95. The largest absolute Gasteiger partial charge is 0.478 e. The Morgan fingerprint density at radius 1 is 1.25 bits per heavy atom. The van der Waals surface area contributed by atoms with Crippen molar-refractivity contribution in [1.82, 2.24) is 19.9 Å². The van der Waals surface area contributed by atoms with Crippen molar-refractivity contribution in [2.75, 3.05) is 13.1 Å². The second kappa shape index (κ2) is 6.81. The molecule has 0 saturated carbocycles. The van der Waals surface area contributed by atoms with Crippen molar-refractivity contribution < 1.29 is 9.53 Å². The molecule has 1 aliphatic heterocycles. The molecule has 0 unspecified atom stereocenters. The molecule has 6 nitrogen and oxygen atoms in total. The van der Waals surface area contributed by atoms with Crippen LogP contribution < -0.4 is 4.74 Å². The van der Waals surface area contributed by atoms with Gasteiger partial charge in [-0.05, 0) is 51.0 Å². The number of hydrogen-bond acceptors (Lipinski definition) is 4. The number of piperidine rings is 1. The molecule has 0 aliphatic carbocycles. The van der Waals surface area contributed by atoms with Crippen LogP contribution in [-0.4, -0.2) is 44.5 Å². The number of benzene rings is 1. The number of amides is 1. The fourth-order valence-electron chi connectivity index (χ4n) is 2.97. The molecule has 0 radical (unpaired) electrons. The highest BCUT2D eigenvalue weighted by molar-refractivity contribution is 6.30. The standard InChI is InChI=1S/C17H21ClN4O2/c1-17(2,24-15-5-3-13(18)4-6-15)16(23)21-10-7-14(8-11-21)22-12-9-19-20-22/h3-6,9,12,14H,7-8,10-11H2,1-2H3. The molecule has 1 aromatic heterocycles. The summed E-state index contributed by atoms with van der Waals surface area (Å²) >= 11 is 5.88. The van der Waals surface area contributed by atoms with Crippen LogP contribution in [-0.2, 0) is 4.79 Å². The van der Waals surface area contributed by atoms with Crippen molar-refractivity contribution in [2.24, 2.45) is 0 Å². The van der Waals surface area contributed by atoms with E-state index in [1.807, 2.05) is 15.8 Å². The lowest BCUT2D eigenvalue weighted by molar-refractivity contribution is -0.146. The Kier molecular flexibility index (Phi) is 4.76. The Hall–Kier alpha value is -2.08. The number of aromatic nitrogens is 3. The summed E-state index contributed by atoms with van der Waals surface area (Å²) in [6, 6.07) is 7.35. The van der Waals surface area contributed by atoms with Crippen LogP contribution in [0.15, 0.2) is 36.7 Å². The topological polar surface area (TPSA) is 60.2 Å². The summed E-state index contributed by atoms with van der Waals surface area (Å²) in [5, 5.41) is 8.54. The van der Waals surface area contributed by atoms with Crippen LogP contribution in [0.25, 0.3) is 0 Å². The van der Waals surface area contributed by atoms with Crippen LogP contribution >= 0.6 is 11.6 Å². The van der Waals surface area contributed by atoms with E-state index >= 15 is 0 Å². The summed E-state index contributed by atoms with van der Waals surface area (Å²) in [4.78, 5) is 14.7. The molecule has 2 heterocycles. The third-order valence-electron chi connectivity index (χ3n) is 4.27. The lowest BCUT2D eigenvalue weighted by Crippen LogP contribution is -2.51. The monoisotopic (exact) mass is 348 g/mol. The van der Waals surface area contributed by atoms with Crippen molar-refractivity contribution in [2.45, 2.75) is 38.3 Å². The van der Waals surface area contributed by atoms with Gasteiger partial charge in [0.25, 0.3) is 5.91 Å². The number of hydrogen-bond donors (Lipinski definition) is 0. The first-order valence-corrected chi connectivity index (χ1v) is 8.43. The molecular formula is C17H21ClN4O2. The van der Waals surface area contributed by atoms with Crippen LogP contribution in [0.3, 0.4) is 0 Å². The number of nitrogens with zero attached hydrogens (tertiary/aromatic N) is 4. The molecule has 24 heavy (non-hydrogen) atoms. The van der Waals surface area contributed by atoms with Crippen molar-refractivity contribution in [3.05, 3.63) is 41.7 Å². The molecule has 0 spiro atoms. The van der Waals surface area contributed by atoms with E-state index in [2.05, 4.69) is 10.3 Å². The van der Waals surface area contributed by atoms with Gasteiger partial charge in [-0.25, -0.2) is 4.68 Å². The minimum Gasteiger partial charge on any atom is -0.478 e. The quantitative estimate of drug-likeness (QED) is 0.852. The van der Waals surface area contributed by atoms with E-state index in [-0.39, 0.29) is 5.91 Å². The van der Waals surface area contributed by atoms with Crippen LogP contribution in [0.4, 0.5) is 0 Å². The summed E-state index contributed by atoms with van der Waals surface area (Å²) in [6.07, 6.45) is 5.29. The maximum Gasteiger partial charge on any atom is 0.266 e. The van der Waals surface area contributed by atoms with Gasteiger partial charge in [0.15, 0.2) is 5.60 Å². The minimum absolute atomic E-state index is 0.00510. The van der Waals surface area contributed by atoms with E-state index < -0.39 is 5.60 Å². The first-order valence-electron chi connectivity index (χ1n) is 8.05. The molecule has 128 valence electrons. The molecule has 1 fully saturated rings. The second-order valence-corrected chi connectivity index (χ2v) is 6.91. The lowest BCUT2D eigenvalue weighted by atomic mass is 10.0. The van der Waals surface area contributed by atoms with Gasteiger partial charge in [0, 0.05) is 24.3 Å². The van der Waals surface area contributed by atoms with E-state index in [9.17, 15) is 4.79 Å². The average Bonchev–Trinajstić information content (AvgIpc) is 3.11. The number of ether oxygens (including phenoxy) is 1. The summed E-state index contributed by atoms with van der Waals surface area (Å²) in [5.74, 6) is 0.629. The van der Waals surface area contributed by atoms with Crippen LogP contribution in [0.2, 0.25) is 5.02 Å². The third kappa shape index (κ3) is 3.70. The Balaban J connectivity index is 1.60. The molecule has 0 N–H and O–H groups in total. The van der Waals surface area contributed by atoms with Crippen molar-refractivity contribution in [3.63, 3.8) is 0 Å². The molecule has 1 saturated heterocycles. The maximum atomic E-state index is 12.8. The summed E-state index contributed by atoms with van der Waals surface area (Å²) in [7, 11) is 0. The molecule has 2 aromatic rings. The summed E-state index contributed by atoms with van der Waals surface area (Å²) < 4.78 is 7.77. The number of carbonyl (C=O) groups excluding carboxylic acids is 1. The van der Waals surface area contributed by atoms with Gasteiger partial charge in [-0.3, -0.25) is 4.79 Å². The fraction of sp³-hybridized carbons (Fsp3) is 0.471. The van der Waals surface area contributed by atoms with Gasteiger partial charge in [0.2, 0.25) is 0 Å². The number of halogens is 1. The molecule has 0 bridgehead atoms. The number of carbonyl (C=O) groups is 1. The van der Waals surface area contributed by atoms with E-state index in [0.717, 1.165) is 12.8 Å². The molecule has 1 aromatic carbocycles. The maximum absolute atomic E-state index is 12.8. The molecule has 7 heteroatoms. The van der Waals surface area contributed by atoms with Gasteiger partial charge in [-0.1, -0.05) is 16.8 Å².